The molecule has 0 radical (unpaired) electrons. The van der Waals surface area contributed by atoms with Gasteiger partial charge in [0.15, 0.2) is 0 Å². The van der Waals surface area contributed by atoms with Gasteiger partial charge in [-0.05, 0) is 45.4 Å². The Morgan fingerprint density at radius 2 is 1.71 bits per heavy atom. The van der Waals surface area contributed by atoms with Gasteiger partial charge in [0, 0.05) is 0 Å². The van der Waals surface area contributed by atoms with Crippen LogP contribution in [0.25, 0.3) is 0 Å². The summed E-state index contributed by atoms with van der Waals surface area (Å²) in [5.74, 6) is 1.36. The molecule has 0 saturated carbocycles. The van der Waals surface area contributed by atoms with Gasteiger partial charge in [0.05, 0.1) is 0 Å². The Kier molecular flexibility index (Phi) is 8.85. The van der Waals surface area contributed by atoms with Crippen molar-refractivity contribution in [1.82, 2.24) is 0 Å². The zero-order valence-electron chi connectivity index (χ0n) is 12.6. The molecule has 0 spiro atoms. The normalized spacial score (nSPS) is 17.5. The number of hydrogen-bond acceptors (Lipinski definition) is 0. The molecule has 0 fully saturated rings. The summed E-state index contributed by atoms with van der Waals surface area (Å²) in [4.78, 5) is 0. The first kappa shape index (κ1) is 16.2. The number of hydrogen-bond donors (Lipinski definition) is 0. The predicted octanol–water partition coefficient (Wildman–Crippen LogP) is 5.92. The van der Waals surface area contributed by atoms with Gasteiger partial charge in [0.2, 0.25) is 0 Å². The third-order valence-corrected chi connectivity index (χ3v) is 2.93. The zero-order valence-corrected chi connectivity index (χ0v) is 12.6. The van der Waals surface area contributed by atoms with Crippen LogP contribution >= 0.6 is 0 Å². The van der Waals surface area contributed by atoms with E-state index in [1.165, 1.54) is 30.4 Å². The fourth-order valence-corrected chi connectivity index (χ4v) is 2.43. The highest BCUT2D eigenvalue weighted by Gasteiger charge is 2.02. The Labute approximate surface area is 109 Å². The lowest BCUT2D eigenvalue weighted by Gasteiger charge is -2.10. The molecule has 0 unspecified atom stereocenters. The predicted molar refractivity (Wildman–Crippen MR) is 80.2 cm³/mol. The molecule has 0 aliphatic carbocycles. The molecule has 0 amide bonds. The van der Waals surface area contributed by atoms with Gasteiger partial charge in [0.1, 0.15) is 0 Å². The second kappa shape index (κ2) is 9.27. The van der Waals surface area contributed by atoms with Crippen LogP contribution in [0.3, 0.4) is 0 Å². The van der Waals surface area contributed by atoms with Crippen molar-refractivity contribution in [3.8, 4) is 0 Å². The third-order valence-electron chi connectivity index (χ3n) is 2.93. The Morgan fingerprint density at radius 1 is 1.06 bits per heavy atom. The molecule has 0 aliphatic heterocycles. The Morgan fingerprint density at radius 3 is 2.24 bits per heavy atom. The van der Waals surface area contributed by atoms with E-state index in [-0.39, 0.29) is 0 Å². The highest BCUT2D eigenvalue weighted by Crippen LogP contribution is 2.18. The lowest BCUT2D eigenvalue weighted by atomic mass is 9.95. The van der Waals surface area contributed by atoms with Crippen molar-refractivity contribution in [3.63, 3.8) is 0 Å². The minimum absolute atomic E-state index is 0.635. The average molecular weight is 234 g/mol. The maximum atomic E-state index is 2.44. The Hall–Kier alpha value is -0.780. The Bertz CT molecular complexity index is 278. The summed E-state index contributed by atoms with van der Waals surface area (Å²) in [5.41, 5.74) is 2.90. The van der Waals surface area contributed by atoms with Gasteiger partial charge >= 0.3 is 0 Å². The van der Waals surface area contributed by atoms with Crippen molar-refractivity contribution in [2.75, 3.05) is 0 Å². The van der Waals surface area contributed by atoms with E-state index in [4.69, 9.17) is 0 Å². The van der Waals surface area contributed by atoms with Crippen molar-refractivity contribution in [2.24, 2.45) is 11.8 Å². The van der Waals surface area contributed by atoms with Gasteiger partial charge in [-0.15, -0.1) is 0 Å². The van der Waals surface area contributed by atoms with Crippen molar-refractivity contribution in [2.45, 2.75) is 60.8 Å². The zero-order chi connectivity index (χ0) is 13.3. The largest absolute Gasteiger partial charge is 0.0874 e. The van der Waals surface area contributed by atoms with Crippen molar-refractivity contribution < 1.29 is 0 Å². The van der Waals surface area contributed by atoms with Crippen LogP contribution in [0, 0.1) is 11.8 Å². The summed E-state index contributed by atoms with van der Waals surface area (Å²) in [7, 11) is 0. The molecule has 0 aromatic heterocycles. The van der Waals surface area contributed by atoms with Crippen LogP contribution in [0.1, 0.15) is 60.8 Å². The van der Waals surface area contributed by atoms with Crippen LogP contribution in [-0.2, 0) is 0 Å². The fraction of sp³-hybridized carbons (Fsp3) is 0.647. The highest BCUT2D eigenvalue weighted by molar-refractivity contribution is 5.17. The van der Waals surface area contributed by atoms with Crippen LogP contribution in [0.15, 0.2) is 35.5 Å². The molecule has 0 heterocycles. The first-order valence-electron chi connectivity index (χ1n) is 6.98. The molecule has 0 N–H and O–H groups in total. The van der Waals surface area contributed by atoms with E-state index in [1.54, 1.807) is 0 Å². The van der Waals surface area contributed by atoms with Crippen molar-refractivity contribution in [1.29, 1.82) is 0 Å². The van der Waals surface area contributed by atoms with Crippen molar-refractivity contribution >= 4 is 0 Å². The van der Waals surface area contributed by atoms with Crippen molar-refractivity contribution in [3.05, 3.63) is 35.5 Å². The summed E-state index contributed by atoms with van der Waals surface area (Å²) < 4.78 is 0. The summed E-state index contributed by atoms with van der Waals surface area (Å²) in [6, 6.07) is 0. The molecule has 0 bridgehead atoms. The quantitative estimate of drug-likeness (QED) is 0.379. The van der Waals surface area contributed by atoms with Gasteiger partial charge in [-0.1, -0.05) is 62.6 Å². The number of allylic oxidation sites excluding steroid dienone is 6. The monoisotopic (exact) mass is 234 g/mol. The van der Waals surface area contributed by atoms with Gasteiger partial charge < -0.3 is 0 Å². The minimum atomic E-state index is 0.635. The second-order valence-corrected chi connectivity index (χ2v) is 5.37. The van der Waals surface area contributed by atoms with Crippen LogP contribution in [0.4, 0.5) is 0 Å². The SMILES string of the molecule is C/C=C/C(C)=C/[C@@H](C)C/C(C)=C/[C@@H](C)CCC. The Balaban J connectivity index is 4.28. The molecule has 0 saturated heterocycles. The van der Waals surface area contributed by atoms with E-state index in [2.05, 4.69) is 65.8 Å². The molecule has 0 rings (SSSR count). The standard InChI is InChI=1S/C17H30/c1-7-9-14(3)11-16(5)13-17(6)12-15(4)10-8-2/h7,9,11-12,15-16H,8,10,13H2,1-6H3/b9-7+,14-11+,17-12+/t15-,16+/m0/s1. The van der Waals surface area contributed by atoms with E-state index < -0.39 is 0 Å². The van der Waals surface area contributed by atoms with E-state index in [9.17, 15) is 0 Å². The van der Waals surface area contributed by atoms with Crippen LogP contribution < -0.4 is 0 Å². The number of rotatable bonds is 7. The molecule has 2 atom stereocenters. The molecular formula is C17H30. The van der Waals surface area contributed by atoms with Crippen LogP contribution in [0.2, 0.25) is 0 Å². The summed E-state index contributed by atoms with van der Waals surface area (Å²) >= 11 is 0. The summed E-state index contributed by atoms with van der Waals surface area (Å²) in [5, 5.41) is 0. The molecule has 98 valence electrons. The molecule has 17 heavy (non-hydrogen) atoms. The molecule has 0 aliphatic rings. The first-order valence-corrected chi connectivity index (χ1v) is 6.98. The van der Waals surface area contributed by atoms with E-state index in [1.807, 2.05) is 0 Å². The third kappa shape index (κ3) is 8.97. The van der Waals surface area contributed by atoms with E-state index in [0.717, 1.165) is 5.92 Å². The topological polar surface area (TPSA) is 0 Å². The summed E-state index contributed by atoms with van der Waals surface area (Å²) in [6.07, 6.45) is 12.9. The fourth-order valence-electron chi connectivity index (χ4n) is 2.43. The first-order chi connectivity index (χ1) is 7.99. The molecule has 0 aromatic rings. The van der Waals surface area contributed by atoms with Gasteiger partial charge in [0.25, 0.3) is 0 Å². The maximum Gasteiger partial charge on any atom is -0.0219 e. The lowest BCUT2D eigenvalue weighted by molar-refractivity contribution is 0.620. The lowest BCUT2D eigenvalue weighted by Crippen LogP contribution is -1.95. The van der Waals surface area contributed by atoms with E-state index in [0.29, 0.717) is 5.92 Å². The van der Waals surface area contributed by atoms with Crippen LogP contribution in [0.5, 0.6) is 0 Å². The second-order valence-electron chi connectivity index (χ2n) is 5.37. The summed E-state index contributed by atoms with van der Waals surface area (Å²) in [6.45, 7) is 13.4. The van der Waals surface area contributed by atoms with Gasteiger partial charge in [-0.3, -0.25) is 0 Å². The molecule has 0 nitrogen and oxygen atoms in total. The average Bonchev–Trinajstić information content (AvgIpc) is 2.16. The smallest absolute Gasteiger partial charge is 0.0219 e. The van der Waals surface area contributed by atoms with Crippen LogP contribution in [-0.4, -0.2) is 0 Å². The minimum Gasteiger partial charge on any atom is -0.0874 e. The molecule has 0 heteroatoms. The van der Waals surface area contributed by atoms with E-state index >= 15 is 0 Å². The van der Waals surface area contributed by atoms with Gasteiger partial charge in [-0.2, -0.15) is 0 Å². The maximum absolute atomic E-state index is 2.44. The molecule has 0 aromatic carbocycles. The molecular weight excluding hydrogens is 204 g/mol. The van der Waals surface area contributed by atoms with Gasteiger partial charge in [-0.25, -0.2) is 0 Å². The highest BCUT2D eigenvalue weighted by atomic mass is 14.1.